The summed E-state index contributed by atoms with van der Waals surface area (Å²) in [5.74, 6) is -0.819. The van der Waals surface area contributed by atoms with Crippen LogP contribution in [0.5, 0.6) is 0 Å². The number of hydrogen-bond acceptors (Lipinski definition) is 4. The molecule has 0 fully saturated rings. The van der Waals surface area contributed by atoms with Gasteiger partial charge < -0.3 is 10.1 Å². The quantitative estimate of drug-likeness (QED) is 0.879. The summed E-state index contributed by atoms with van der Waals surface area (Å²) in [5, 5.41) is 4.56. The van der Waals surface area contributed by atoms with Crippen molar-refractivity contribution in [1.29, 1.82) is 0 Å². The van der Waals surface area contributed by atoms with Gasteiger partial charge in [-0.05, 0) is 43.8 Å². The summed E-state index contributed by atoms with van der Waals surface area (Å²) >= 11 is 1.29. The Labute approximate surface area is 127 Å². The van der Waals surface area contributed by atoms with Gasteiger partial charge in [-0.15, -0.1) is 11.3 Å². The molecule has 1 aromatic carbocycles. The minimum atomic E-state index is -0.847. The highest BCUT2D eigenvalue weighted by Crippen LogP contribution is 2.17. The van der Waals surface area contributed by atoms with Crippen LogP contribution in [0.4, 0.5) is 5.69 Å². The minimum Gasteiger partial charge on any atom is -0.448 e. The van der Waals surface area contributed by atoms with E-state index < -0.39 is 12.1 Å². The third-order valence-electron chi connectivity index (χ3n) is 3.02. The van der Waals surface area contributed by atoms with Gasteiger partial charge in [0, 0.05) is 5.69 Å². The molecule has 0 unspecified atom stereocenters. The lowest BCUT2D eigenvalue weighted by Crippen LogP contribution is -2.30. The first-order chi connectivity index (χ1) is 9.97. The van der Waals surface area contributed by atoms with Crippen molar-refractivity contribution in [2.45, 2.75) is 26.9 Å². The number of ether oxygens (including phenoxy) is 1. The molecule has 2 aromatic rings. The first kappa shape index (κ1) is 15.3. The molecule has 5 heteroatoms. The number of carbonyl (C=O) groups excluding carboxylic acids is 2. The van der Waals surface area contributed by atoms with Crippen molar-refractivity contribution >= 4 is 28.9 Å². The Morgan fingerprint density at radius 3 is 2.62 bits per heavy atom. The summed E-state index contributed by atoms with van der Waals surface area (Å²) in [6.07, 6.45) is -0.847. The Hall–Kier alpha value is -2.14. The second-order valence-electron chi connectivity index (χ2n) is 4.83. The Morgan fingerprint density at radius 2 is 2.00 bits per heavy atom. The number of benzene rings is 1. The van der Waals surface area contributed by atoms with Crippen molar-refractivity contribution in [3.8, 4) is 0 Å². The van der Waals surface area contributed by atoms with Crippen LogP contribution in [0.1, 0.15) is 27.7 Å². The zero-order valence-electron chi connectivity index (χ0n) is 12.2. The van der Waals surface area contributed by atoms with E-state index in [9.17, 15) is 9.59 Å². The average Bonchev–Trinajstić information content (AvgIpc) is 2.95. The standard InChI is InChI=1S/C16H17NO3S/c1-10-6-7-13(11(2)9-10)17-15(18)12(3)20-16(19)14-5-4-8-21-14/h4-9,12H,1-3H3,(H,17,18)/t12-/m1/s1. The lowest BCUT2D eigenvalue weighted by atomic mass is 10.1. The number of esters is 1. The maximum Gasteiger partial charge on any atom is 0.349 e. The predicted octanol–water partition coefficient (Wildman–Crippen LogP) is 3.55. The largest absolute Gasteiger partial charge is 0.448 e. The molecule has 0 saturated carbocycles. The van der Waals surface area contributed by atoms with Crippen LogP contribution in [0.25, 0.3) is 0 Å². The summed E-state index contributed by atoms with van der Waals surface area (Å²) < 4.78 is 5.15. The molecule has 1 heterocycles. The summed E-state index contributed by atoms with van der Waals surface area (Å²) in [6, 6.07) is 9.18. The number of aryl methyl sites for hydroxylation is 2. The molecular formula is C16H17NO3S. The van der Waals surface area contributed by atoms with Gasteiger partial charge in [0.1, 0.15) is 4.88 Å². The fourth-order valence-corrected chi connectivity index (χ4v) is 2.46. The highest BCUT2D eigenvalue weighted by molar-refractivity contribution is 7.11. The molecule has 1 atom stereocenters. The lowest BCUT2D eigenvalue weighted by molar-refractivity contribution is -0.123. The topological polar surface area (TPSA) is 55.4 Å². The van der Waals surface area contributed by atoms with Crippen LogP contribution in [0.15, 0.2) is 35.7 Å². The van der Waals surface area contributed by atoms with Gasteiger partial charge in [-0.1, -0.05) is 23.8 Å². The van der Waals surface area contributed by atoms with Gasteiger partial charge in [0.2, 0.25) is 0 Å². The van der Waals surface area contributed by atoms with E-state index in [4.69, 9.17) is 4.74 Å². The fraction of sp³-hybridized carbons (Fsp3) is 0.250. The molecular weight excluding hydrogens is 286 g/mol. The lowest BCUT2D eigenvalue weighted by Gasteiger charge is -2.14. The third-order valence-corrected chi connectivity index (χ3v) is 3.87. The highest BCUT2D eigenvalue weighted by atomic mass is 32.1. The van der Waals surface area contributed by atoms with E-state index >= 15 is 0 Å². The van der Waals surface area contributed by atoms with Crippen LogP contribution < -0.4 is 5.32 Å². The molecule has 2 rings (SSSR count). The third kappa shape index (κ3) is 3.92. The van der Waals surface area contributed by atoms with Crippen LogP contribution in [0, 0.1) is 13.8 Å². The zero-order chi connectivity index (χ0) is 15.4. The van der Waals surface area contributed by atoms with Crippen molar-refractivity contribution in [2.75, 3.05) is 5.32 Å². The van der Waals surface area contributed by atoms with Gasteiger partial charge in [0.25, 0.3) is 5.91 Å². The zero-order valence-corrected chi connectivity index (χ0v) is 13.0. The number of anilines is 1. The van der Waals surface area contributed by atoms with Gasteiger partial charge in [0.15, 0.2) is 6.10 Å². The van der Waals surface area contributed by atoms with E-state index in [1.807, 2.05) is 32.0 Å². The monoisotopic (exact) mass is 303 g/mol. The van der Waals surface area contributed by atoms with E-state index in [1.54, 1.807) is 24.4 Å². The molecule has 0 aliphatic heterocycles. The van der Waals surface area contributed by atoms with Gasteiger partial charge in [0.05, 0.1) is 0 Å². The maximum atomic E-state index is 12.1. The highest BCUT2D eigenvalue weighted by Gasteiger charge is 2.19. The normalized spacial score (nSPS) is 11.8. The molecule has 1 amide bonds. The molecule has 0 bridgehead atoms. The van der Waals surface area contributed by atoms with E-state index in [1.165, 1.54) is 11.3 Å². The van der Waals surface area contributed by atoms with Crippen LogP contribution >= 0.6 is 11.3 Å². The molecule has 0 saturated heterocycles. The molecule has 110 valence electrons. The van der Waals surface area contributed by atoms with Gasteiger partial charge in [-0.3, -0.25) is 4.79 Å². The van der Waals surface area contributed by atoms with E-state index in [0.717, 1.165) is 16.8 Å². The predicted molar refractivity (Wildman–Crippen MR) is 83.7 cm³/mol. The van der Waals surface area contributed by atoms with Crippen molar-refractivity contribution in [2.24, 2.45) is 0 Å². The first-order valence-corrected chi connectivity index (χ1v) is 7.48. The second-order valence-corrected chi connectivity index (χ2v) is 5.78. The Bertz CT molecular complexity index is 650. The smallest absolute Gasteiger partial charge is 0.349 e. The number of nitrogens with one attached hydrogen (secondary N) is 1. The molecule has 0 radical (unpaired) electrons. The first-order valence-electron chi connectivity index (χ1n) is 6.60. The summed E-state index contributed by atoms with van der Waals surface area (Å²) in [4.78, 5) is 24.3. The molecule has 0 aliphatic rings. The Kier molecular flexibility index (Phi) is 4.75. The molecule has 4 nitrogen and oxygen atoms in total. The van der Waals surface area contributed by atoms with Gasteiger partial charge in [-0.25, -0.2) is 4.79 Å². The van der Waals surface area contributed by atoms with Gasteiger partial charge in [-0.2, -0.15) is 0 Å². The number of amides is 1. The Morgan fingerprint density at radius 1 is 1.24 bits per heavy atom. The van der Waals surface area contributed by atoms with Crippen LogP contribution in [-0.2, 0) is 9.53 Å². The number of hydrogen-bond donors (Lipinski definition) is 1. The molecule has 1 aromatic heterocycles. The summed E-state index contributed by atoms with van der Waals surface area (Å²) in [6.45, 7) is 5.47. The Balaban J connectivity index is 1.98. The number of thiophene rings is 1. The van der Waals surface area contributed by atoms with E-state index in [0.29, 0.717) is 4.88 Å². The minimum absolute atomic E-state index is 0.341. The van der Waals surface area contributed by atoms with E-state index in [2.05, 4.69) is 5.32 Å². The summed E-state index contributed by atoms with van der Waals surface area (Å²) in [7, 11) is 0. The summed E-state index contributed by atoms with van der Waals surface area (Å²) in [5.41, 5.74) is 2.83. The van der Waals surface area contributed by atoms with Crippen LogP contribution in [-0.4, -0.2) is 18.0 Å². The van der Waals surface area contributed by atoms with Crippen LogP contribution in [0.2, 0.25) is 0 Å². The van der Waals surface area contributed by atoms with Crippen molar-refractivity contribution in [3.63, 3.8) is 0 Å². The molecule has 1 N–H and O–H groups in total. The number of rotatable bonds is 4. The van der Waals surface area contributed by atoms with Crippen molar-refractivity contribution < 1.29 is 14.3 Å². The SMILES string of the molecule is Cc1ccc(NC(=O)[C@@H](C)OC(=O)c2cccs2)c(C)c1. The van der Waals surface area contributed by atoms with Crippen LogP contribution in [0.3, 0.4) is 0 Å². The fourth-order valence-electron chi connectivity index (χ4n) is 1.86. The average molecular weight is 303 g/mol. The van der Waals surface area contributed by atoms with Crippen molar-refractivity contribution in [1.82, 2.24) is 0 Å². The van der Waals surface area contributed by atoms with Gasteiger partial charge >= 0.3 is 5.97 Å². The molecule has 0 aliphatic carbocycles. The maximum absolute atomic E-state index is 12.1. The van der Waals surface area contributed by atoms with Crippen molar-refractivity contribution in [3.05, 3.63) is 51.7 Å². The number of carbonyl (C=O) groups is 2. The second kappa shape index (κ2) is 6.54. The molecule has 0 spiro atoms. The van der Waals surface area contributed by atoms with E-state index in [-0.39, 0.29) is 5.91 Å². The molecule has 21 heavy (non-hydrogen) atoms.